The zero-order valence-corrected chi connectivity index (χ0v) is 14.2. The van der Waals surface area contributed by atoms with E-state index in [0.29, 0.717) is 6.42 Å². The fourth-order valence-electron chi connectivity index (χ4n) is 1.99. The number of hydrogen-bond acceptors (Lipinski definition) is 6. The van der Waals surface area contributed by atoms with Gasteiger partial charge in [0.2, 0.25) is 0 Å². The topological polar surface area (TPSA) is 135 Å². The smallest absolute Gasteiger partial charge is 0.323 e. The van der Waals surface area contributed by atoms with Gasteiger partial charge in [-0.1, -0.05) is 6.92 Å². The fraction of sp³-hybridized carbons (Fsp3) is 0.429. The Balaban J connectivity index is 3.46. The van der Waals surface area contributed by atoms with Crippen LogP contribution in [0.15, 0.2) is 23.1 Å². The third-order valence-electron chi connectivity index (χ3n) is 3.47. The molecule has 1 amide bonds. The van der Waals surface area contributed by atoms with E-state index in [1.165, 1.54) is 0 Å². The molecule has 0 bridgehead atoms. The number of aliphatic carboxylic acids is 1. The monoisotopic (exact) mass is 358 g/mol. The molecule has 1 N–H and O–H groups in total. The lowest BCUT2D eigenvalue weighted by Crippen LogP contribution is -2.41. The molecule has 0 saturated heterocycles. The van der Waals surface area contributed by atoms with E-state index in [2.05, 4.69) is 0 Å². The quantitative estimate of drug-likeness (QED) is 0.573. The second-order valence-electron chi connectivity index (χ2n) is 5.33. The maximum absolute atomic E-state index is 12.6. The minimum Gasteiger partial charge on any atom is -0.480 e. The number of hydrogen-bond donors (Lipinski definition) is 1. The van der Waals surface area contributed by atoms with E-state index in [4.69, 9.17) is 5.11 Å². The maximum atomic E-state index is 12.6. The summed E-state index contributed by atoms with van der Waals surface area (Å²) in [5, 5.41) is 19.9. The highest BCUT2D eigenvalue weighted by atomic mass is 32.2. The number of non-ortho nitro benzene ring substituents is 1. The normalized spacial score (nSPS) is 12.5. The summed E-state index contributed by atoms with van der Waals surface area (Å²) in [7, 11) is -3.78. The highest BCUT2D eigenvalue weighted by Crippen LogP contribution is 2.23. The average Bonchev–Trinajstić information content (AvgIpc) is 2.49. The largest absolute Gasteiger partial charge is 0.480 e. The third kappa shape index (κ3) is 4.75. The van der Waals surface area contributed by atoms with Gasteiger partial charge >= 0.3 is 5.97 Å². The van der Waals surface area contributed by atoms with Crippen molar-refractivity contribution in [2.24, 2.45) is 0 Å². The van der Waals surface area contributed by atoms with Crippen molar-refractivity contribution in [2.45, 2.75) is 31.2 Å². The molecule has 0 heterocycles. The van der Waals surface area contributed by atoms with Crippen molar-refractivity contribution in [3.8, 4) is 0 Å². The van der Waals surface area contributed by atoms with Crippen LogP contribution in [0.5, 0.6) is 0 Å². The molecule has 0 saturated carbocycles. The molecule has 24 heavy (non-hydrogen) atoms. The number of carboxylic acids is 1. The lowest BCUT2D eigenvalue weighted by Gasteiger charge is -2.27. The van der Waals surface area contributed by atoms with Crippen molar-refractivity contribution in [3.63, 3.8) is 0 Å². The SMILES string of the molecule is CCC(C)N(CC(=O)O)C(=O)c1cc([N+](=O)[O-])cc(S(C)(=O)=O)c1. The van der Waals surface area contributed by atoms with Gasteiger partial charge in [0.1, 0.15) is 6.54 Å². The predicted molar refractivity (Wildman–Crippen MR) is 84.6 cm³/mol. The number of nitrogens with zero attached hydrogens (tertiary/aromatic N) is 2. The van der Waals surface area contributed by atoms with Gasteiger partial charge in [0, 0.05) is 30.0 Å². The molecule has 0 aliphatic heterocycles. The Morgan fingerprint density at radius 1 is 1.33 bits per heavy atom. The summed E-state index contributed by atoms with van der Waals surface area (Å²) in [6.07, 6.45) is 1.33. The van der Waals surface area contributed by atoms with E-state index in [9.17, 15) is 28.1 Å². The van der Waals surface area contributed by atoms with Gasteiger partial charge in [-0.3, -0.25) is 19.7 Å². The van der Waals surface area contributed by atoms with Crippen LogP contribution in [0.1, 0.15) is 30.6 Å². The number of carbonyl (C=O) groups is 2. The van der Waals surface area contributed by atoms with Crippen molar-refractivity contribution in [2.75, 3.05) is 12.8 Å². The van der Waals surface area contributed by atoms with Gasteiger partial charge in [0.05, 0.1) is 9.82 Å². The summed E-state index contributed by atoms with van der Waals surface area (Å²) in [5.74, 6) is -2.02. The van der Waals surface area contributed by atoms with Gasteiger partial charge in [0.25, 0.3) is 11.6 Å². The molecule has 0 aliphatic rings. The summed E-state index contributed by atoms with van der Waals surface area (Å²) in [6, 6.07) is 2.38. The molecular formula is C14H18N2O7S. The molecule has 0 spiro atoms. The van der Waals surface area contributed by atoms with Crippen LogP contribution < -0.4 is 0 Å². The van der Waals surface area contributed by atoms with Gasteiger partial charge in [-0.15, -0.1) is 0 Å². The highest BCUT2D eigenvalue weighted by Gasteiger charge is 2.26. The number of benzene rings is 1. The molecule has 132 valence electrons. The van der Waals surface area contributed by atoms with Crippen LogP contribution in [0.2, 0.25) is 0 Å². The summed E-state index contributed by atoms with van der Waals surface area (Å²) in [6.45, 7) is 2.79. The van der Waals surface area contributed by atoms with Crippen molar-refractivity contribution in [1.82, 2.24) is 4.90 Å². The van der Waals surface area contributed by atoms with Crippen LogP contribution in [0, 0.1) is 10.1 Å². The maximum Gasteiger partial charge on any atom is 0.323 e. The minimum atomic E-state index is -3.78. The van der Waals surface area contributed by atoms with Gasteiger partial charge in [0.15, 0.2) is 9.84 Å². The number of carbonyl (C=O) groups excluding carboxylic acids is 1. The Bertz CT molecular complexity index is 773. The molecule has 0 aliphatic carbocycles. The van der Waals surface area contributed by atoms with E-state index in [1.54, 1.807) is 13.8 Å². The minimum absolute atomic E-state index is 0.244. The third-order valence-corrected chi connectivity index (χ3v) is 4.56. The molecule has 0 aromatic heterocycles. The van der Waals surface area contributed by atoms with Crippen LogP contribution in [-0.4, -0.2) is 54.1 Å². The van der Waals surface area contributed by atoms with Crippen LogP contribution in [0.3, 0.4) is 0 Å². The Kier molecular flexibility index (Phi) is 6.02. The average molecular weight is 358 g/mol. The molecule has 1 aromatic carbocycles. The molecule has 9 nitrogen and oxygen atoms in total. The van der Waals surface area contributed by atoms with E-state index in [0.717, 1.165) is 29.4 Å². The lowest BCUT2D eigenvalue weighted by atomic mass is 10.1. The Morgan fingerprint density at radius 2 is 1.92 bits per heavy atom. The van der Waals surface area contributed by atoms with Crippen LogP contribution in [-0.2, 0) is 14.6 Å². The van der Waals surface area contributed by atoms with Crippen molar-refractivity contribution < 1.29 is 28.0 Å². The summed E-state index contributed by atoms with van der Waals surface area (Å²) in [4.78, 5) is 34.4. The molecule has 0 fully saturated rings. The van der Waals surface area contributed by atoms with Gasteiger partial charge < -0.3 is 10.0 Å². The first-order valence-electron chi connectivity index (χ1n) is 6.99. The second-order valence-corrected chi connectivity index (χ2v) is 7.34. The number of nitro groups is 1. The van der Waals surface area contributed by atoms with Gasteiger partial charge in [-0.05, 0) is 19.4 Å². The zero-order chi connectivity index (χ0) is 18.7. The van der Waals surface area contributed by atoms with Gasteiger partial charge in [-0.2, -0.15) is 0 Å². The number of carboxylic acid groups (broad SMARTS) is 1. The number of amides is 1. The number of sulfone groups is 1. The molecule has 1 aromatic rings. The first kappa shape index (κ1) is 19.6. The fourth-order valence-corrected chi connectivity index (χ4v) is 2.66. The zero-order valence-electron chi connectivity index (χ0n) is 13.4. The molecule has 1 rings (SSSR count). The van der Waals surface area contributed by atoms with Crippen molar-refractivity contribution >= 4 is 27.4 Å². The standard InChI is InChI=1S/C14H18N2O7S/c1-4-9(2)15(8-13(17)18)14(19)10-5-11(16(20)21)7-12(6-10)24(3,22)23/h5-7,9H,4,8H2,1-3H3,(H,17,18). The van der Waals surface area contributed by atoms with E-state index in [1.807, 2.05) is 0 Å². The Labute approximate surface area is 139 Å². The molecule has 0 radical (unpaired) electrons. The summed E-state index contributed by atoms with van der Waals surface area (Å²) < 4.78 is 23.4. The van der Waals surface area contributed by atoms with E-state index < -0.39 is 44.9 Å². The van der Waals surface area contributed by atoms with E-state index in [-0.39, 0.29) is 10.5 Å². The lowest BCUT2D eigenvalue weighted by molar-refractivity contribution is -0.385. The molecule has 10 heteroatoms. The first-order chi connectivity index (χ1) is 11.0. The van der Waals surface area contributed by atoms with Crippen LogP contribution >= 0.6 is 0 Å². The summed E-state index contributed by atoms with van der Waals surface area (Å²) in [5.41, 5.74) is -0.799. The number of rotatable bonds is 7. The summed E-state index contributed by atoms with van der Waals surface area (Å²) >= 11 is 0. The van der Waals surface area contributed by atoms with Crippen molar-refractivity contribution in [3.05, 3.63) is 33.9 Å². The Hall–Kier alpha value is -2.49. The molecule has 1 unspecified atom stereocenters. The molecular weight excluding hydrogens is 340 g/mol. The van der Waals surface area contributed by atoms with Crippen LogP contribution in [0.4, 0.5) is 5.69 Å². The number of nitro benzene ring substituents is 1. The highest BCUT2D eigenvalue weighted by molar-refractivity contribution is 7.90. The van der Waals surface area contributed by atoms with E-state index >= 15 is 0 Å². The predicted octanol–water partition coefficient (Wildman–Crippen LogP) is 1.32. The Morgan fingerprint density at radius 3 is 2.33 bits per heavy atom. The molecule has 1 atom stereocenters. The second kappa shape index (κ2) is 7.39. The van der Waals surface area contributed by atoms with Crippen LogP contribution in [0.25, 0.3) is 0 Å². The first-order valence-corrected chi connectivity index (χ1v) is 8.88. The van der Waals surface area contributed by atoms with Gasteiger partial charge in [-0.25, -0.2) is 8.42 Å². The van der Waals surface area contributed by atoms with Crippen molar-refractivity contribution in [1.29, 1.82) is 0 Å².